The molecule has 2 nitrogen and oxygen atoms in total. The third-order valence-corrected chi connectivity index (χ3v) is 5.54. The summed E-state index contributed by atoms with van der Waals surface area (Å²) in [5, 5.41) is 0.0741. The lowest BCUT2D eigenvalue weighted by Gasteiger charge is -2.30. The highest BCUT2D eigenvalue weighted by Gasteiger charge is 2.34. The molecule has 108 valence electrons. The van der Waals surface area contributed by atoms with Crippen LogP contribution in [-0.4, -0.2) is 23.1 Å². The van der Waals surface area contributed by atoms with Gasteiger partial charge in [0.15, 0.2) is 0 Å². The van der Waals surface area contributed by atoms with E-state index >= 15 is 0 Å². The van der Waals surface area contributed by atoms with Gasteiger partial charge >= 0.3 is 0 Å². The predicted molar refractivity (Wildman–Crippen MR) is 79.9 cm³/mol. The largest absolute Gasteiger partial charge is 0.325 e. The van der Waals surface area contributed by atoms with Crippen molar-refractivity contribution in [2.45, 2.75) is 37.5 Å². The van der Waals surface area contributed by atoms with Crippen LogP contribution in [-0.2, 0) is 4.79 Å². The second-order valence-corrected chi connectivity index (χ2v) is 6.83. The summed E-state index contributed by atoms with van der Waals surface area (Å²) in [6.07, 6.45) is 5.70. The molecule has 0 N–H and O–H groups in total. The summed E-state index contributed by atoms with van der Waals surface area (Å²) in [5.74, 6) is 1.27. The van der Waals surface area contributed by atoms with Gasteiger partial charge in [-0.05, 0) is 30.5 Å². The Balaban J connectivity index is 1.74. The SMILES string of the molecule is O=C(C1CCCCC1)N1CCS[C@H]1c1ccc(F)cc1. The van der Waals surface area contributed by atoms with Crippen LogP contribution in [0.15, 0.2) is 24.3 Å². The van der Waals surface area contributed by atoms with Gasteiger partial charge in [-0.15, -0.1) is 11.8 Å². The first-order chi connectivity index (χ1) is 9.75. The summed E-state index contributed by atoms with van der Waals surface area (Å²) in [7, 11) is 0. The molecule has 0 aromatic heterocycles. The van der Waals surface area contributed by atoms with Crippen molar-refractivity contribution >= 4 is 17.7 Å². The number of carbonyl (C=O) groups is 1. The van der Waals surface area contributed by atoms with Crippen LogP contribution in [0, 0.1) is 11.7 Å². The van der Waals surface area contributed by atoms with E-state index < -0.39 is 0 Å². The fraction of sp³-hybridized carbons (Fsp3) is 0.562. The summed E-state index contributed by atoms with van der Waals surface area (Å²) < 4.78 is 13.0. The number of benzene rings is 1. The predicted octanol–water partition coefficient (Wildman–Crippen LogP) is 3.98. The van der Waals surface area contributed by atoms with Crippen LogP contribution in [0.25, 0.3) is 0 Å². The molecule has 1 heterocycles. The summed E-state index contributed by atoms with van der Waals surface area (Å²) in [6, 6.07) is 6.58. The molecule has 1 aliphatic carbocycles. The maximum Gasteiger partial charge on any atom is 0.226 e. The number of rotatable bonds is 2. The van der Waals surface area contributed by atoms with Gasteiger partial charge in [-0.2, -0.15) is 0 Å². The molecule has 4 heteroatoms. The molecule has 1 saturated heterocycles. The lowest BCUT2D eigenvalue weighted by Crippen LogP contribution is -2.36. The highest BCUT2D eigenvalue weighted by atomic mass is 32.2. The fourth-order valence-corrected chi connectivity index (χ4v) is 4.45. The van der Waals surface area contributed by atoms with Crippen LogP contribution in [0.4, 0.5) is 4.39 Å². The van der Waals surface area contributed by atoms with Gasteiger partial charge in [0.05, 0.1) is 0 Å². The molecule has 20 heavy (non-hydrogen) atoms. The van der Waals surface area contributed by atoms with Gasteiger partial charge in [-0.25, -0.2) is 4.39 Å². The van der Waals surface area contributed by atoms with E-state index in [2.05, 4.69) is 0 Å². The average molecular weight is 293 g/mol. The van der Waals surface area contributed by atoms with E-state index in [9.17, 15) is 9.18 Å². The Kier molecular flexibility index (Phi) is 4.29. The monoisotopic (exact) mass is 293 g/mol. The van der Waals surface area contributed by atoms with E-state index in [1.807, 2.05) is 4.90 Å². The summed E-state index contributed by atoms with van der Waals surface area (Å²) in [4.78, 5) is 14.7. The second kappa shape index (κ2) is 6.17. The molecule has 1 aliphatic heterocycles. The smallest absolute Gasteiger partial charge is 0.226 e. The highest BCUT2D eigenvalue weighted by Crippen LogP contribution is 2.40. The Morgan fingerprint density at radius 1 is 1.15 bits per heavy atom. The molecular formula is C16H20FNOS. The normalized spacial score (nSPS) is 24.1. The molecule has 0 spiro atoms. The van der Waals surface area contributed by atoms with E-state index in [0.717, 1.165) is 30.7 Å². The Morgan fingerprint density at radius 3 is 2.55 bits per heavy atom. The van der Waals surface area contributed by atoms with Gasteiger partial charge in [0.2, 0.25) is 5.91 Å². The number of amides is 1. The van der Waals surface area contributed by atoms with Gasteiger partial charge in [0.1, 0.15) is 11.2 Å². The summed E-state index contributed by atoms with van der Waals surface area (Å²) >= 11 is 1.78. The molecule has 0 radical (unpaired) electrons. The van der Waals surface area contributed by atoms with Gasteiger partial charge in [-0.3, -0.25) is 4.79 Å². The van der Waals surface area contributed by atoms with E-state index in [4.69, 9.17) is 0 Å². The highest BCUT2D eigenvalue weighted by molar-refractivity contribution is 7.99. The lowest BCUT2D eigenvalue weighted by molar-refractivity contribution is -0.136. The maximum atomic E-state index is 13.0. The van der Waals surface area contributed by atoms with Crippen molar-refractivity contribution in [3.8, 4) is 0 Å². The summed E-state index contributed by atoms with van der Waals surface area (Å²) in [6.45, 7) is 0.821. The number of carbonyl (C=O) groups excluding carboxylic acids is 1. The first-order valence-electron chi connectivity index (χ1n) is 7.43. The first kappa shape index (κ1) is 13.9. The van der Waals surface area contributed by atoms with Crippen LogP contribution in [0.1, 0.15) is 43.0 Å². The Bertz CT molecular complexity index is 470. The van der Waals surface area contributed by atoms with E-state index in [1.165, 1.54) is 31.4 Å². The molecule has 1 atom stereocenters. The van der Waals surface area contributed by atoms with Crippen molar-refractivity contribution < 1.29 is 9.18 Å². The standard InChI is InChI=1S/C16H20FNOS/c17-14-8-6-13(7-9-14)16-18(10-11-20-16)15(19)12-4-2-1-3-5-12/h6-9,12,16H,1-5,10-11H2/t16-/m0/s1. The van der Waals surface area contributed by atoms with Crippen LogP contribution in [0.5, 0.6) is 0 Å². The number of halogens is 1. The van der Waals surface area contributed by atoms with Gasteiger partial charge in [-0.1, -0.05) is 31.4 Å². The number of thioether (sulfide) groups is 1. The fourth-order valence-electron chi connectivity index (χ4n) is 3.18. The van der Waals surface area contributed by atoms with Crippen LogP contribution >= 0.6 is 11.8 Å². The molecule has 0 unspecified atom stereocenters. The summed E-state index contributed by atoms with van der Waals surface area (Å²) in [5.41, 5.74) is 1.04. The molecule has 1 aromatic rings. The van der Waals surface area contributed by atoms with Crippen LogP contribution in [0.3, 0.4) is 0 Å². The molecule has 2 fully saturated rings. The third-order valence-electron chi connectivity index (χ3n) is 4.28. The molecule has 1 aromatic carbocycles. The van der Waals surface area contributed by atoms with Gasteiger partial charge < -0.3 is 4.90 Å². The number of hydrogen-bond acceptors (Lipinski definition) is 2. The van der Waals surface area contributed by atoms with Crippen molar-refractivity contribution in [3.63, 3.8) is 0 Å². The quantitative estimate of drug-likeness (QED) is 0.822. The molecular weight excluding hydrogens is 273 g/mol. The Morgan fingerprint density at radius 2 is 1.85 bits per heavy atom. The van der Waals surface area contributed by atoms with Gasteiger partial charge in [0.25, 0.3) is 0 Å². The first-order valence-corrected chi connectivity index (χ1v) is 8.48. The van der Waals surface area contributed by atoms with E-state index in [0.29, 0.717) is 5.91 Å². The van der Waals surface area contributed by atoms with Crippen molar-refractivity contribution in [1.29, 1.82) is 0 Å². The second-order valence-electron chi connectivity index (χ2n) is 5.64. The minimum atomic E-state index is -0.220. The molecule has 2 aliphatic rings. The molecule has 1 saturated carbocycles. The zero-order valence-corrected chi connectivity index (χ0v) is 12.4. The van der Waals surface area contributed by atoms with E-state index in [1.54, 1.807) is 23.9 Å². The minimum absolute atomic E-state index is 0.0741. The minimum Gasteiger partial charge on any atom is -0.325 e. The van der Waals surface area contributed by atoms with Crippen LogP contribution < -0.4 is 0 Å². The van der Waals surface area contributed by atoms with Crippen molar-refractivity contribution in [2.24, 2.45) is 5.92 Å². The zero-order chi connectivity index (χ0) is 13.9. The van der Waals surface area contributed by atoms with Crippen LogP contribution in [0.2, 0.25) is 0 Å². The maximum absolute atomic E-state index is 13.0. The topological polar surface area (TPSA) is 20.3 Å². The average Bonchev–Trinajstić information content (AvgIpc) is 2.97. The van der Waals surface area contributed by atoms with Gasteiger partial charge in [0, 0.05) is 18.2 Å². The Hall–Kier alpha value is -1.03. The van der Waals surface area contributed by atoms with Crippen molar-refractivity contribution in [1.82, 2.24) is 4.90 Å². The van der Waals surface area contributed by atoms with E-state index in [-0.39, 0.29) is 17.1 Å². The Labute approximate surface area is 123 Å². The lowest BCUT2D eigenvalue weighted by atomic mass is 9.88. The molecule has 0 bridgehead atoms. The zero-order valence-electron chi connectivity index (χ0n) is 11.6. The van der Waals surface area contributed by atoms with Crippen molar-refractivity contribution in [2.75, 3.05) is 12.3 Å². The number of hydrogen-bond donors (Lipinski definition) is 0. The molecule has 3 rings (SSSR count). The molecule has 1 amide bonds. The third kappa shape index (κ3) is 2.85. The van der Waals surface area contributed by atoms with Crippen molar-refractivity contribution in [3.05, 3.63) is 35.6 Å². The number of nitrogens with zero attached hydrogens (tertiary/aromatic N) is 1.